The van der Waals surface area contributed by atoms with Crippen molar-refractivity contribution in [1.29, 1.82) is 0 Å². The highest BCUT2D eigenvalue weighted by molar-refractivity contribution is 5.99. The van der Waals surface area contributed by atoms with Gasteiger partial charge in [-0.3, -0.25) is 15.1 Å². The van der Waals surface area contributed by atoms with Gasteiger partial charge in [0.15, 0.2) is 0 Å². The zero-order valence-electron chi connectivity index (χ0n) is 8.90. The lowest BCUT2D eigenvalue weighted by Crippen LogP contribution is -2.22. The van der Waals surface area contributed by atoms with Crippen LogP contribution >= 0.6 is 0 Å². The Hall–Kier alpha value is -1.82. The first-order chi connectivity index (χ1) is 7.82. The molecule has 1 N–H and O–H groups in total. The summed E-state index contributed by atoms with van der Waals surface area (Å²) in [4.78, 5) is 10.8. The topological polar surface area (TPSA) is 40.5 Å². The van der Waals surface area contributed by atoms with Crippen LogP contribution in [0.5, 0.6) is 0 Å². The van der Waals surface area contributed by atoms with E-state index in [0.717, 1.165) is 7.05 Å². The fraction of sp³-hybridized carbons (Fsp3) is 0.182. The van der Waals surface area contributed by atoms with Crippen LogP contribution in [0.2, 0.25) is 0 Å². The molecule has 0 bridgehead atoms. The number of hydrogen-bond donors (Lipinski definition) is 1. The molecule has 0 saturated heterocycles. The standard InChI is InChI=1S/C11H10F3NO2/c1-15(17)9(7-10(16)11(12,13)14)8-5-3-2-4-6-8/h2-7,17H,1H3/b9-7-. The van der Waals surface area contributed by atoms with Crippen LogP contribution in [0.15, 0.2) is 36.4 Å². The van der Waals surface area contributed by atoms with Crippen molar-refractivity contribution in [3.8, 4) is 0 Å². The van der Waals surface area contributed by atoms with Crippen molar-refractivity contribution < 1.29 is 23.2 Å². The highest BCUT2D eigenvalue weighted by Crippen LogP contribution is 2.21. The van der Waals surface area contributed by atoms with Crippen molar-refractivity contribution in [2.24, 2.45) is 0 Å². The lowest BCUT2D eigenvalue weighted by molar-refractivity contribution is -0.165. The van der Waals surface area contributed by atoms with E-state index in [0.29, 0.717) is 16.7 Å². The Labute approximate surface area is 95.7 Å². The van der Waals surface area contributed by atoms with Crippen molar-refractivity contribution in [1.82, 2.24) is 5.06 Å². The maximum Gasteiger partial charge on any atom is 0.454 e. The lowest BCUT2D eigenvalue weighted by atomic mass is 10.1. The molecule has 0 atom stereocenters. The third-order valence-electron chi connectivity index (χ3n) is 1.97. The van der Waals surface area contributed by atoms with Gasteiger partial charge in [0, 0.05) is 18.7 Å². The number of carbonyl (C=O) groups excluding carboxylic acids is 1. The third-order valence-corrected chi connectivity index (χ3v) is 1.97. The Morgan fingerprint density at radius 3 is 2.24 bits per heavy atom. The van der Waals surface area contributed by atoms with E-state index in [2.05, 4.69) is 0 Å². The van der Waals surface area contributed by atoms with E-state index in [1.165, 1.54) is 12.1 Å². The molecule has 0 radical (unpaired) electrons. The number of carbonyl (C=O) groups is 1. The Bertz CT molecular complexity index is 424. The van der Waals surface area contributed by atoms with Gasteiger partial charge in [0.2, 0.25) is 0 Å². The minimum Gasteiger partial charge on any atom is -0.289 e. The first-order valence-corrected chi connectivity index (χ1v) is 4.63. The predicted octanol–water partition coefficient (Wildman–Crippen LogP) is 2.48. The molecule has 6 heteroatoms. The summed E-state index contributed by atoms with van der Waals surface area (Å²) >= 11 is 0. The van der Waals surface area contributed by atoms with Gasteiger partial charge in [0.05, 0.1) is 5.70 Å². The zero-order chi connectivity index (χ0) is 13.1. The molecule has 0 saturated carbocycles. The average molecular weight is 245 g/mol. The summed E-state index contributed by atoms with van der Waals surface area (Å²) in [5, 5.41) is 9.70. The highest BCUT2D eigenvalue weighted by atomic mass is 19.4. The van der Waals surface area contributed by atoms with E-state index in [4.69, 9.17) is 0 Å². The van der Waals surface area contributed by atoms with Crippen LogP contribution in [0.3, 0.4) is 0 Å². The van der Waals surface area contributed by atoms with Gasteiger partial charge in [-0.2, -0.15) is 13.2 Å². The molecule has 0 amide bonds. The Morgan fingerprint density at radius 1 is 1.29 bits per heavy atom. The number of allylic oxidation sites excluding steroid dienone is 1. The van der Waals surface area contributed by atoms with E-state index in [-0.39, 0.29) is 5.70 Å². The number of hydroxylamine groups is 2. The van der Waals surface area contributed by atoms with Crippen LogP contribution in [0.4, 0.5) is 13.2 Å². The maximum atomic E-state index is 12.1. The molecule has 0 aromatic heterocycles. The van der Waals surface area contributed by atoms with Gasteiger partial charge < -0.3 is 0 Å². The molecule has 0 heterocycles. The summed E-state index contributed by atoms with van der Waals surface area (Å²) in [6, 6.07) is 7.82. The molecule has 1 rings (SSSR count). The summed E-state index contributed by atoms with van der Waals surface area (Å²) in [5.41, 5.74) is 0.100. The third kappa shape index (κ3) is 3.60. The van der Waals surface area contributed by atoms with Gasteiger partial charge in [0.25, 0.3) is 5.78 Å². The second-order valence-corrected chi connectivity index (χ2v) is 3.28. The quantitative estimate of drug-likeness (QED) is 0.657. The van der Waals surface area contributed by atoms with E-state index in [1.54, 1.807) is 18.2 Å². The second kappa shape index (κ2) is 5.01. The summed E-state index contributed by atoms with van der Waals surface area (Å²) < 4.78 is 36.3. The summed E-state index contributed by atoms with van der Waals surface area (Å²) in [5.74, 6) is -2.02. The molecular weight excluding hydrogens is 235 g/mol. The molecule has 3 nitrogen and oxygen atoms in total. The Balaban J connectivity index is 3.12. The fourth-order valence-corrected chi connectivity index (χ4v) is 1.18. The Morgan fingerprint density at radius 2 is 1.82 bits per heavy atom. The fourth-order valence-electron chi connectivity index (χ4n) is 1.18. The number of nitrogens with zero attached hydrogens (tertiary/aromatic N) is 1. The van der Waals surface area contributed by atoms with Crippen LogP contribution in [0.1, 0.15) is 5.56 Å². The largest absolute Gasteiger partial charge is 0.454 e. The number of halogens is 3. The average Bonchev–Trinajstić information content (AvgIpc) is 2.25. The molecule has 0 aliphatic rings. The van der Waals surface area contributed by atoms with Crippen molar-refractivity contribution in [3.05, 3.63) is 42.0 Å². The number of ketones is 1. The van der Waals surface area contributed by atoms with E-state index in [9.17, 15) is 23.2 Å². The molecular formula is C11H10F3NO2. The predicted molar refractivity (Wildman–Crippen MR) is 55.0 cm³/mol. The van der Waals surface area contributed by atoms with Crippen LogP contribution in [0.25, 0.3) is 5.70 Å². The van der Waals surface area contributed by atoms with E-state index >= 15 is 0 Å². The molecule has 92 valence electrons. The normalized spacial score (nSPS) is 12.4. The second-order valence-electron chi connectivity index (χ2n) is 3.28. The molecule has 0 aliphatic heterocycles. The van der Waals surface area contributed by atoms with Gasteiger partial charge in [-0.05, 0) is 0 Å². The van der Waals surface area contributed by atoms with Crippen LogP contribution in [-0.4, -0.2) is 29.3 Å². The van der Waals surface area contributed by atoms with Gasteiger partial charge in [-0.15, -0.1) is 0 Å². The zero-order valence-corrected chi connectivity index (χ0v) is 8.90. The monoisotopic (exact) mass is 245 g/mol. The van der Waals surface area contributed by atoms with E-state index < -0.39 is 12.0 Å². The SMILES string of the molecule is CN(O)/C(=C\C(=O)C(F)(F)F)c1ccccc1. The molecule has 17 heavy (non-hydrogen) atoms. The first kappa shape index (κ1) is 13.2. The number of alkyl halides is 3. The van der Waals surface area contributed by atoms with Crippen molar-refractivity contribution in [3.63, 3.8) is 0 Å². The van der Waals surface area contributed by atoms with Crippen LogP contribution in [-0.2, 0) is 4.79 Å². The van der Waals surface area contributed by atoms with Gasteiger partial charge in [0.1, 0.15) is 0 Å². The molecule has 1 aromatic carbocycles. The summed E-state index contributed by atoms with van der Waals surface area (Å²) in [6.45, 7) is 0. The van der Waals surface area contributed by atoms with Crippen LogP contribution in [0, 0.1) is 0 Å². The Kier molecular flexibility index (Phi) is 3.90. The first-order valence-electron chi connectivity index (χ1n) is 4.63. The maximum absolute atomic E-state index is 12.1. The van der Waals surface area contributed by atoms with Gasteiger partial charge in [-0.25, -0.2) is 0 Å². The number of hydrogen-bond acceptors (Lipinski definition) is 3. The minimum atomic E-state index is -4.95. The summed E-state index contributed by atoms with van der Waals surface area (Å²) in [7, 11) is 1.14. The van der Waals surface area contributed by atoms with Gasteiger partial charge >= 0.3 is 6.18 Å². The van der Waals surface area contributed by atoms with Crippen molar-refractivity contribution in [2.75, 3.05) is 7.05 Å². The van der Waals surface area contributed by atoms with E-state index in [1.807, 2.05) is 0 Å². The number of rotatable bonds is 3. The summed E-state index contributed by atoms with van der Waals surface area (Å²) in [6.07, 6.45) is -4.59. The molecule has 1 aromatic rings. The molecule has 0 fully saturated rings. The molecule has 0 unspecified atom stereocenters. The van der Waals surface area contributed by atoms with Crippen molar-refractivity contribution >= 4 is 11.5 Å². The lowest BCUT2D eigenvalue weighted by Gasteiger charge is -2.15. The van der Waals surface area contributed by atoms with Gasteiger partial charge in [-0.1, -0.05) is 30.3 Å². The minimum absolute atomic E-state index is 0.215. The molecule has 0 aliphatic carbocycles. The smallest absolute Gasteiger partial charge is 0.289 e. The highest BCUT2D eigenvalue weighted by Gasteiger charge is 2.37. The van der Waals surface area contributed by atoms with Crippen LogP contribution < -0.4 is 0 Å². The number of benzene rings is 1. The molecule has 0 spiro atoms. The van der Waals surface area contributed by atoms with Crippen molar-refractivity contribution in [2.45, 2.75) is 6.18 Å².